The van der Waals surface area contributed by atoms with Gasteiger partial charge in [-0.3, -0.25) is 0 Å². The van der Waals surface area contributed by atoms with Crippen LogP contribution in [-0.4, -0.2) is 11.0 Å². The van der Waals surface area contributed by atoms with Crippen LogP contribution in [0.3, 0.4) is 0 Å². The number of aromatic amines is 1. The highest BCUT2D eigenvalue weighted by Gasteiger charge is 2.28. The molecule has 0 spiro atoms. The lowest BCUT2D eigenvalue weighted by Gasteiger charge is -1.99. The van der Waals surface area contributed by atoms with E-state index in [1.165, 1.54) is 0 Å². The molecule has 0 bridgehead atoms. The van der Waals surface area contributed by atoms with Gasteiger partial charge >= 0.3 is 5.97 Å². The zero-order chi connectivity index (χ0) is 12.7. The molecule has 1 aliphatic heterocycles. The van der Waals surface area contributed by atoms with E-state index in [1.54, 1.807) is 24.5 Å². The predicted molar refractivity (Wildman–Crippen MR) is 68.4 cm³/mol. The Labute approximate surface area is 108 Å². The summed E-state index contributed by atoms with van der Waals surface area (Å²) in [6, 6.07) is 5.40. The molecule has 2 aromatic rings. The van der Waals surface area contributed by atoms with Gasteiger partial charge in [0.25, 0.3) is 0 Å². The van der Waals surface area contributed by atoms with E-state index in [0.717, 1.165) is 5.69 Å². The summed E-state index contributed by atoms with van der Waals surface area (Å²) in [5, 5.41) is 0. The average molecular weight is 259 g/mol. The molecule has 4 nitrogen and oxygen atoms in total. The van der Waals surface area contributed by atoms with Crippen LogP contribution in [0.5, 0.6) is 0 Å². The van der Waals surface area contributed by atoms with Crippen molar-refractivity contribution >= 4 is 30.0 Å². The van der Waals surface area contributed by atoms with Crippen LogP contribution in [0.2, 0.25) is 0 Å². The number of aryl methyl sites for hydroxylation is 1. The lowest BCUT2D eigenvalue weighted by Crippen LogP contribution is -1.97. The van der Waals surface area contributed by atoms with Crippen molar-refractivity contribution in [2.24, 2.45) is 0 Å². The molecular formula is C13H9NO3S. The second kappa shape index (κ2) is 3.96. The Hall–Kier alpha value is -2.14. The first-order valence-electron chi connectivity index (χ1n) is 5.37. The Morgan fingerprint density at radius 3 is 3.00 bits per heavy atom. The first kappa shape index (κ1) is 11.0. The summed E-state index contributed by atoms with van der Waals surface area (Å²) in [6.07, 6.45) is 3.24. The molecule has 0 saturated heterocycles. The maximum atomic E-state index is 11.8. The summed E-state index contributed by atoms with van der Waals surface area (Å²) in [7, 11) is 0. The largest absolute Gasteiger partial charge is 0.465 e. The highest BCUT2D eigenvalue weighted by Crippen LogP contribution is 2.32. The van der Waals surface area contributed by atoms with Crippen LogP contribution in [-0.2, 0) is 4.74 Å². The van der Waals surface area contributed by atoms with Gasteiger partial charge in [0.1, 0.15) is 21.7 Å². The highest BCUT2D eigenvalue weighted by atomic mass is 32.1. The van der Waals surface area contributed by atoms with Gasteiger partial charge in [0.2, 0.25) is 0 Å². The monoisotopic (exact) mass is 259 g/mol. The third kappa shape index (κ3) is 1.69. The van der Waals surface area contributed by atoms with Crippen LogP contribution in [0, 0.1) is 11.6 Å². The van der Waals surface area contributed by atoms with Crippen molar-refractivity contribution < 1.29 is 13.9 Å². The number of hydrogen-bond acceptors (Lipinski definition) is 4. The smallest absolute Gasteiger partial charge is 0.347 e. The molecule has 0 fully saturated rings. The number of carbonyl (C=O) groups excluding carboxylic acids is 1. The maximum absolute atomic E-state index is 11.8. The number of fused-ring (bicyclic) bond motifs is 1. The quantitative estimate of drug-likeness (QED) is 0.630. The molecule has 0 aliphatic carbocycles. The van der Waals surface area contributed by atoms with Crippen molar-refractivity contribution in [2.75, 3.05) is 0 Å². The molecule has 1 N–H and O–H groups in total. The number of cyclic esters (lactones) is 1. The van der Waals surface area contributed by atoms with Crippen molar-refractivity contribution in [1.29, 1.82) is 0 Å². The van der Waals surface area contributed by atoms with E-state index in [0.29, 0.717) is 27.3 Å². The van der Waals surface area contributed by atoms with Crippen molar-refractivity contribution in [3.05, 3.63) is 51.7 Å². The number of aromatic nitrogens is 1. The fourth-order valence-electron chi connectivity index (χ4n) is 1.90. The Morgan fingerprint density at radius 2 is 2.28 bits per heavy atom. The third-order valence-corrected chi connectivity index (χ3v) is 2.96. The van der Waals surface area contributed by atoms with E-state index in [2.05, 4.69) is 4.98 Å². The lowest BCUT2D eigenvalue weighted by molar-refractivity contribution is 0.0716. The van der Waals surface area contributed by atoms with E-state index in [1.807, 2.05) is 13.0 Å². The normalized spacial score (nSPS) is 15.8. The molecule has 2 aromatic heterocycles. The molecular weight excluding hydrogens is 250 g/mol. The first-order chi connectivity index (χ1) is 8.65. The standard InChI is InChI=1S/C13H9NO3S/c1-7-5-9-10(6-8-3-2-4-16-8)17-13(15)11(9)12(18)14-7/h2-6H,1H3,(H,14,18)/b10-6-. The zero-order valence-corrected chi connectivity index (χ0v) is 10.3. The second-order valence-electron chi connectivity index (χ2n) is 3.98. The Balaban J connectivity index is 2.20. The summed E-state index contributed by atoms with van der Waals surface area (Å²) in [4.78, 5) is 14.7. The maximum Gasteiger partial charge on any atom is 0.347 e. The number of nitrogens with one attached hydrogen (secondary N) is 1. The number of ether oxygens (including phenoxy) is 1. The van der Waals surface area contributed by atoms with Crippen LogP contribution in [0.4, 0.5) is 0 Å². The number of H-pyrrole nitrogens is 1. The molecule has 3 rings (SSSR count). The molecule has 90 valence electrons. The van der Waals surface area contributed by atoms with Gasteiger partial charge in [-0.1, -0.05) is 12.2 Å². The van der Waals surface area contributed by atoms with Crippen molar-refractivity contribution in [3.8, 4) is 0 Å². The summed E-state index contributed by atoms with van der Waals surface area (Å²) in [5.41, 5.74) is 1.99. The summed E-state index contributed by atoms with van der Waals surface area (Å²) < 4.78 is 10.8. The van der Waals surface area contributed by atoms with Gasteiger partial charge in [0.05, 0.1) is 6.26 Å². The number of hydrogen-bond donors (Lipinski definition) is 1. The van der Waals surface area contributed by atoms with Gasteiger partial charge in [0, 0.05) is 17.3 Å². The highest BCUT2D eigenvalue weighted by molar-refractivity contribution is 7.71. The average Bonchev–Trinajstić information content (AvgIpc) is 2.88. The van der Waals surface area contributed by atoms with Crippen LogP contribution in [0.1, 0.15) is 27.4 Å². The van der Waals surface area contributed by atoms with E-state index in [4.69, 9.17) is 21.4 Å². The number of furan rings is 1. The zero-order valence-electron chi connectivity index (χ0n) is 9.52. The molecule has 0 unspecified atom stereocenters. The van der Waals surface area contributed by atoms with Gasteiger partial charge in [0.15, 0.2) is 0 Å². The third-order valence-electron chi connectivity index (χ3n) is 2.66. The Kier molecular flexibility index (Phi) is 2.41. The number of rotatable bonds is 1. The van der Waals surface area contributed by atoms with E-state index >= 15 is 0 Å². The van der Waals surface area contributed by atoms with Gasteiger partial charge in [-0.25, -0.2) is 4.79 Å². The van der Waals surface area contributed by atoms with Crippen LogP contribution >= 0.6 is 12.2 Å². The fraction of sp³-hybridized carbons (Fsp3) is 0.0769. The first-order valence-corrected chi connectivity index (χ1v) is 5.77. The number of carbonyl (C=O) groups is 1. The van der Waals surface area contributed by atoms with Crippen molar-refractivity contribution in [3.63, 3.8) is 0 Å². The minimum atomic E-state index is -0.427. The van der Waals surface area contributed by atoms with Crippen molar-refractivity contribution in [1.82, 2.24) is 4.98 Å². The fourth-order valence-corrected chi connectivity index (χ4v) is 2.26. The van der Waals surface area contributed by atoms with E-state index < -0.39 is 5.97 Å². The Bertz CT molecular complexity index is 710. The van der Waals surface area contributed by atoms with E-state index in [9.17, 15) is 4.79 Å². The summed E-state index contributed by atoms with van der Waals surface area (Å²) in [6.45, 7) is 1.88. The molecule has 1 aliphatic rings. The van der Waals surface area contributed by atoms with Gasteiger partial charge < -0.3 is 14.1 Å². The summed E-state index contributed by atoms with van der Waals surface area (Å²) >= 11 is 5.14. The van der Waals surface area contributed by atoms with E-state index in [-0.39, 0.29) is 0 Å². The Morgan fingerprint density at radius 1 is 1.44 bits per heavy atom. The number of esters is 1. The predicted octanol–water partition coefficient (Wildman–Crippen LogP) is 3.31. The minimum Gasteiger partial charge on any atom is -0.465 e. The molecule has 5 heteroatoms. The number of pyridine rings is 1. The summed E-state index contributed by atoms with van der Waals surface area (Å²) in [5.74, 6) is 0.666. The van der Waals surface area contributed by atoms with Gasteiger partial charge in [-0.2, -0.15) is 0 Å². The van der Waals surface area contributed by atoms with Gasteiger partial charge in [-0.15, -0.1) is 0 Å². The molecule has 18 heavy (non-hydrogen) atoms. The molecule has 3 heterocycles. The topological polar surface area (TPSA) is 55.2 Å². The molecule has 0 radical (unpaired) electrons. The molecule has 0 saturated carbocycles. The van der Waals surface area contributed by atoms with Gasteiger partial charge in [-0.05, 0) is 25.1 Å². The molecule has 0 atom stereocenters. The second-order valence-corrected chi connectivity index (χ2v) is 4.39. The van der Waals surface area contributed by atoms with Crippen molar-refractivity contribution in [2.45, 2.75) is 6.92 Å². The SMILES string of the molecule is Cc1cc2c(c(=S)[nH]1)C(=O)O/C2=C\c1ccco1. The lowest BCUT2D eigenvalue weighted by atomic mass is 10.1. The minimum absolute atomic E-state index is 0.401. The molecule has 0 aromatic carbocycles. The van der Waals surface area contributed by atoms with Crippen LogP contribution in [0.25, 0.3) is 11.8 Å². The molecule has 0 amide bonds. The van der Waals surface area contributed by atoms with Crippen LogP contribution in [0.15, 0.2) is 28.9 Å². The van der Waals surface area contributed by atoms with Crippen LogP contribution < -0.4 is 0 Å².